The molecule has 1 saturated heterocycles. The van der Waals surface area contributed by atoms with Crippen molar-refractivity contribution < 1.29 is 13.9 Å². The number of hydrogen-bond acceptors (Lipinski definition) is 4. The van der Waals surface area contributed by atoms with Crippen LogP contribution >= 0.6 is 0 Å². The zero-order valence-electron chi connectivity index (χ0n) is 16.4. The lowest BCUT2D eigenvalue weighted by atomic mass is 10.1. The van der Waals surface area contributed by atoms with E-state index in [1.807, 2.05) is 15.5 Å². The monoisotopic (exact) mass is 407 g/mol. The fourth-order valence-electron chi connectivity index (χ4n) is 3.94. The predicted molar refractivity (Wildman–Crippen MR) is 114 cm³/mol. The Hall–Kier alpha value is -3.19. The van der Waals surface area contributed by atoms with Crippen molar-refractivity contribution in [3.8, 4) is 0 Å². The highest BCUT2D eigenvalue weighted by Gasteiger charge is 2.28. The molecule has 0 bridgehead atoms. The van der Waals surface area contributed by atoms with Gasteiger partial charge in [0.25, 0.3) is 5.91 Å². The Morgan fingerprint density at radius 3 is 2.53 bits per heavy atom. The number of anilines is 2. The quantitative estimate of drug-likeness (QED) is 0.718. The summed E-state index contributed by atoms with van der Waals surface area (Å²) < 4.78 is 22.3. The van der Waals surface area contributed by atoms with E-state index in [0.717, 1.165) is 12.8 Å². The normalized spacial score (nSPS) is 16.6. The van der Waals surface area contributed by atoms with Gasteiger partial charge in [0.05, 0.1) is 24.4 Å². The summed E-state index contributed by atoms with van der Waals surface area (Å²) in [7, 11) is 0. The molecule has 3 aromatic rings. The minimum absolute atomic E-state index is 0.0248. The Morgan fingerprint density at radius 1 is 1.10 bits per heavy atom. The average Bonchev–Trinajstić information content (AvgIpc) is 3.60. The first-order valence-electron chi connectivity index (χ1n) is 10.2. The van der Waals surface area contributed by atoms with Gasteiger partial charge in [-0.2, -0.15) is 0 Å². The van der Waals surface area contributed by atoms with E-state index in [-0.39, 0.29) is 17.0 Å². The molecule has 7 heteroatoms. The molecule has 2 aliphatic rings. The molecule has 30 heavy (non-hydrogen) atoms. The van der Waals surface area contributed by atoms with Gasteiger partial charge in [0.1, 0.15) is 11.4 Å². The van der Waals surface area contributed by atoms with Crippen LogP contribution in [0.2, 0.25) is 0 Å². The highest BCUT2D eigenvalue weighted by atomic mass is 19.1. The van der Waals surface area contributed by atoms with Crippen molar-refractivity contribution in [1.82, 2.24) is 4.57 Å². The average molecular weight is 407 g/mol. The van der Waals surface area contributed by atoms with Crippen molar-refractivity contribution in [1.29, 1.82) is 0 Å². The number of rotatable bonds is 4. The molecule has 2 heterocycles. The van der Waals surface area contributed by atoms with Crippen LogP contribution in [0.15, 0.2) is 53.5 Å². The van der Waals surface area contributed by atoms with Crippen molar-refractivity contribution in [2.75, 3.05) is 36.5 Å². The van der Waals surface area contributed by atoms with Gasteiger partial charge in [-0.05, 0) is 37.1 Å². The molecule has 1 saturated carbocycles. The largest absolute Gasteiger partial charge is 0.378 e. The third-order valence-corrected chi connectivity index (χ3v) is 5.67. The summed E-state index contributed by atoms with van der Waals surface area (Å²) >= 11 is 0. The number of nitrogens with one attached hydrogen (secondary N) is 1. The maximum absolute atomic E-state index is 15.0. The minimum atomic E-state index is -0.486. The van der Waals surface area contributed by atoms with Crippen LogP contribution in [0.5, 0.6) is 0 Å². The number of halogens is 1. The summed E-state index contributed by atoms with van der Waals surface area (Å²) in [6, 6.07) is 12.2. The van der Waals surface area contributed by atoms with E-state index in [1.54, 1.807) is 36.5 Å². The Bertz CT molecular complexity index is 1170. The number of carbonyl (C=O) groups is 1. The summed E-state index contributed by atoms with van der Waals surface area (Å²) in [6.45, 7) is 2.30. The van der Waals surface area contributed by atoms with Crippen molar-refractivity contribution in [3.63, 3.8) is 0 Å². The third-order valence-electron chi connectivity index (χ3n) is 5.67. The lowest BCUT2D eigenvalue weighted by Gasteiger charge is -2.29. The molecule has 2 fully saturated rings. The van der Waals surface area contributed by atoms with Crippen molar-refractivity contribution in [2.24, 2.45) is 0 Å². The van der Waals surface area contributed by atoms with Crippen molar-refractivity contribution in [3.05, 3.63) is 70.3 Å². The number of fused-ring (bicyclic) bond motifs is 1. The van der Waals surface area contributed by atoms with E-state index in [9.17, 15) is 14.0 Å². The standard InChI is InChI=1S/C23H22FN3O3/c24-19-12-17-20(13-21(19)26-8-10-30-11-9-26)27(16-6-7-16)14-18(22(17)28)23(29)25-15-4-2-1-3-5-15/h1-5,12-14,16H,6-11H2,(H,25,29). The molecule has 1 aromatic heterocycles. The zero-order valence-corrected chi connectivity index (χ0v) is 16.4. The highest BCUT2D eigenvalue weighted by Crippen LogP contribution is 2.38. The molecular weight excluding hydrogens is 385 g/mol. The molecule has 6 nitrogen and oxygen atoms in total. The SMILES string of the molecule is O=C(Nc1ccccc1)c1cn(C2CC2)c2cc(N3CCOCC3)c(F)cc2c1=O. The molecule has 1 aliphatic carbocycles. The Morgan fingerprint density at radius 2 is 1.83 bits per heavy atom. The van der Waals surface area contributed by atoms with Gasteiger partial charge in [-0.25, -0.2) is 4.39 Å². The number of nitrogens with zero attached hydrogens (tertiary/aromatic N) is 2. The first-order chi connectivity index (χ1) is 14.6. The lowest BCUT2D eigenvalue weighted by Crippen LogP contribution is -2.36. The van der Waals surface area contributed by atoms with Gasteiger partial charge in [0.2, 0.25) is 5.43 Å². The summed E-state index contributed by atoms with van der Waals surface area (Å²) in [5, 5.41) is 2.99. The van der Waals surface area contributed by atoms with Crippen LogP contribution in [0.3, 0.4) is 0 Å². The first kappa shape index (κ1) is 18.8. The Kier molecular flexibility index (Phi) is 4.75. The zero-order chi connectivity index (χ0) is 20.7. The molecule has 1 aliphatic heterocycles. The number of hydrogen-bond donors (Lipinski definition) is 1. The fourth-order valence-corrected chi connectivity index (χ4v) is 3.94. The Labute approximate surface area is 172 Å². The lowest BCUT2D eigenvalue weighted by molar-refractivity contribution is 0.102. The van der Waals surface area contributed by atoms with E-state index < -0.39 is 17.2 Å². The molecule has 1 N–H and O–H groups in total. The maximum Gasteiger partial charge on any atom is 0.261 e. The molecule has 154 valence electrons. The second-order valence-corrected chi connectivity index (χ2v) is 7.75. The number of aromatic nitrogens is 1. The second kappa shape index (κ2) is 7.57. The smallest absolute Gasteiger partial charge is 0.261 e. The molecule has 5 rings (SSSR count). The van der Waals surface area contributed by atoms with Gasteiger partial charge in [-0.1, -0.05) is 18.2 Å². The summed E-state index contributed by atoms with van der Waals surface area (Å²) in [5.41, 5.74) is 1.32. The molecule has 0 radical (unpaired) electrons. The third kappa shape index (κ3) is 3.45. The van der Waals surface area contributed by atoms with Crippen molar-refractivity contribution in [2.45, 2.75) is 18.9 Å². The number of carbonyl (C=O) groups excluding carboxylic acids is 1. The number of morpholine rings is 1. The summed E-state index contributed by atoms with van der Waals surface area (Å²) in [6.07, 6.45) is 3.57. The predicted octanol–water partition coefficient (Wildman–Crippen LogP) is 3.56. The van der Waals surface area contributed by atoms with Crippen LogP contribution in [0.1, 0.15) is 29.2 Å². The number of pyridine rings is 1. The number of amides is 1. The van der Waals surface area contributed by atoms with Gasteiger partial charge in [0, 0.05) is 36.4 Å². The van der Waals surface area contributed by atoms with E-state index >= 15 is 0 Å². The topological polar surface area (TPSA) is 63.6 Å². The van der Waals surface area contributed by atoms with Gasteiger partial charge in [0.15, 0.2) is 0 Å². The summed E-state index contributed by atoms with van der Waals surface area (Å²) in [4.78, 5) is 27.9. The molecular formula is C23H22FN3O3. The molecule has 0 atom stereocenters. The second-order valence-electron chi connectivity index (χ2n) is 7.75. The van der Waals surface area contributed by atoms with E-state index in [2.05, 4.69) is 5.32 Å². The van der Waals surface area contributed by atoms with Crippen LogP contribution in [0.25, 0.3) is 10.9 Å². The van der Waals surface area contributed by atoms with Gasteiger partial charge in [-0.3, -0.25) is 9.59 Å². The number of ether oxygens (including phenoxy) is 1. The highest BCUT2D eigenvalue weighted by molar-refractivity contribution is 6.06. The molecule has 0 spiro atoms. The molecule has 1 amide bonds. The van der Waals surface area contributed by atoms with Crippen LogP contribution in [0, 0.1) is 5.82 Å². The van der Waals surface area contributed by atoms with Crippen LogP contribution in [0.4, 0.5) is 15.8 Å². The van der Waals surface area contributed by atoms with Gasteiger partial charge >= 0.3 is 0 Å². The van der Waals surface area contributed by atoms with Gasteiger partial charge < -0.3 is 19.5 Å². The van der Waals surface area contributed by atoms with Gasteiger partial charge in [-0.15, -0.1) is 0 Å². The first-order valence-corrected chi connectivity index (χ1v) is 10.2. The number of benzene rings is 2. The van der Waals surface area contributed by atoms with Crippen LogP contribution in [-0.4, -0.2) is 36.8 Å². The van der Waals surface area contributed by atoms with E-state index in [0.29, 0.717) is 43.2 Å². The molecule has 0 unspecified atom stereocenters. The fraction of sp³-hybridized carbons (Fsp3) is 0.304. The number of para-hydroxylation sites is 1. The van der Waals surface area contributed by atoms with Crippen LogP contribution < -0.4 is 15.6 Å². The summed E-state index contributed by atoms with van der Waals surface area (Å²) in [5.74, 6) is -0.940. The Balaban J connectivity index is 1.61. The van der Waals surface area contributed by atoms with Crippen molar-refractivity contribution >= 4 is 28.2 Å². The minimum Gasteiger partial charge on any atom is -0.378 e. The van der Waals surface area contributed by atoms with E-state index in [1.165, 1.54) is 6.07 Å². The molecule has 2 aromatic carbocycles. The maximum atomic E-state index is 15.0. The van der Waals surface area contributed by atoms with Crippen LogP contribution in [-0.2, 0) is 4.74 Å². The van der Waals surface area contributed by atoms with E-state index in [4.69, 9.17) is 4.74 Å².